The highest BCUT2D eigenvalue weighted by Gasteiger charge is 2.21. The molecule has 2 N–H and O–H groups in total. The van der Waals surface area contributed by atoms with Crippen LogP contribution < -0.4 is 4.90 Å². The summed E-state index contributed by atoms with van der Waals surface area (Å²) in [5.41, 5.74) is 0.331. The van der Waals surface area contributed by atoms with Crippen LogP contribution in [0.5, 0.6) is 11.5 Å². The lowest BCUT2D eigenvalue weighted by molar-refractivity contribution is 0.309. The number of piperazine rings is 1. The van der Waals surface area contributed by atoms with Crippen molar-refractivity contribution in [2.75, 3.05) is 38.1 Å². The van der Waals surface area contributed by atoms with Crippen LogP contribution in [0.2, 0.25) is 0 Å². The van der Waals surface area contributed by atoms with Crippen molar-refractivity contribution in [1.29, 1.82) is 0 Å². The summed E-state index contributed by atoms with van der Waals surface area (Å²) in [7, 11) is 2.07. The number of aromatic nitrogens is 2. The Morgan fingerprint density at radius 3 is 2.65 bits per heavy atom. The number of hydrogen-bond donors (Lipinski definition) is 2. The molecule has 2 heterocycles. The fourth-order valence-electron chi connectivity index (χ4n) is 2.16. The first-order valence-corrected chi connectivity index (χ1v) is 6.43. The zero-order valence-electron chi connectivity index (χ0n) is 11.2. The molecule has 1 aliphatic heterocycles. The van der Waals surface area contributed by atoms with Crippen LogP contribution in [0.25, 0.3) is 11.5 Å². The summed E-state index contributed by atoms with van der Waals surface area (Å²) in [5.74, 6) is 0.256. The Balaban J connectivity index is 1.85. The first-order chi connectivity index (χ1) is 9.65. The number of nitrogens with zero attached hydrogens (tertiary/aromatic N) is 4. The number of phenolic OH excluding ortho intramolecular Hbond substituents is 2. The minimum atomic E-state index is -0.249. The lowest BCUT2D eigenvalue weighted by atomic mass is 10.2. The zero-order valence-corrected chi connectivity index (χ0v) is 11.2. The molecule has 20 heavy (non-hydrogen) atoms. The number of benzene rings is 1. The van der Waals surface area contributed by atoms with E-state index in [9.17, 15) is 10.2 Å². The van der Waals surface area contributed by atoms with Crippen LogP contribution in [0.15, 0.2) is 22.7 Å². The van der Waals surface area contributed by atoms with Gasteiger partial charge in [-0.25, -0.2) is 0 Å². The van der Waals surface area contributed by atoms with Gasteiger partial charge in [0.05, 0.1) is 5.56 Å². The minimum absolute atomic E-state index is 0.201. The minimum Gasteiger partial charge on any atom is -0.504 e. The zero-order chi connectivity index (χ0) is 14.1. The molecule has 3 rings (SSSR count). The molecule has 1 aromatic carbocycles. The van der Waals surface area contributed by atoms with E-state index in [0.717, 1.165) is 26.2 Å². The molecule has 1 aliphatic rings. The Bertz CT molecular complexity index is 605. The SMILES string of the molecule is CN1CCN(c2noc(-c3cccc(O)c3O)n2)CC1. The van der Waals surface area contributed by atoms with Gasteiger partial charge in [0.1, 0.15) is 0 Å². The van der Waals surface area contributed by atoms with Crippen molar-refractivity contribution in [1.82, 2.24) is 15.0 Å². The Kier molecular flexibility index (Phi) is 3.19. The number of likely N-dealkylation sites (N-methyl/N-ethyl adjacent to an activating group) is 1. The monoisotopic (exact) mass is 276 g/mol. The normalized spacial score (nSPS) is 16.6. The van der Waals surface area contributed by atoms with Crippen LogP contribution in [0, 0.1) is 0 Å². The second-order valence-corrected chi connectivity index (χ2v) is 4.86. The highest BCUT2D eigenvalue weighted by atomic mass is 16.5. The molecule has 1 aromatic heterocycles. The van der Waals surface area contributed by atoms with Crippen molar-refractivity contribution in [3.8, 4) is 23.0 Å². The Hall–Kier alpha value is -2.28. The van der Waals surface area contributed by atoms with Gasteiger partial charge in [-0.2, -0.15) is 4.98 Å². The Morgan fingerprint density at radius 1 is 1.15 bits per heavy atom. The molecule has 0 saturated carbocycles. The molecule has 1 fully saturated rings. The van der Waals surface area contributed by atoms with Crippen LogP contribution in [0.3, 0.4) is 0 Å². The molecule has 106 valence electrons. The van der Waals surface area contributed by atoms with Gasteiger partial charge in [-0.3, -0.25) is 0 Å². The van der Waals surface area contributed by atoms with Gasteiger partial charge in [0.25, 0.3) is 11.8 Å². The molecular weight excluding hydrogens is 260 g/mol. The van der Waals surface area contributed by atoms with E-state index in [0.29, 0.717) is 11.5 Å². The largest absolute Gasteiger partial charge is 0.504 e. The molecule has 2 aromatic rings. The van der Waals surface area contributed by atoms with E-state index in [4.69, 9.17) is 4.52 Å². The molecule has 0 bridgehead atoms. The quantitative estimate of drug-likeness (QED) is 0.788. The predicted molar refractivity (Wildman–Crippen MR) is 72.8 cm³/mol. The summed E-state index contributed by atoms with van der Waals surface area (Å²) in [4.78, 5) is 8.56. The molecule has 0 amide bonds. The van der Waals surface area contributed by atoms with Crippen LogP contribution in [0.1, 0.15) is 0 Å². The number of aromatic hydroxyl groups is 2. The van der Waals surface area contributed by atoms with Gasteiger partial charge in [-0.1, -0.05) is 6.07 Å². The summed E-state index contributed by atoms with van der Waals surface area (Å²) in [6.07, 6.45) is 0. The summed E-state index contributed by atoms with van der Waals surface area (Å²) >= 11 is 0. The summed E-state index contributed by atoms with van der Waals surface area (Å²) < 4.78 is 5.18. The van der Waals surface area contributed by atoms with Gasteiger partial charge in [0.15, 0.2) is 11.5 Å². The molecule has 0 unspecified atom stereocenters. The number of rotatable bonds is 2. The van der Waals surface area contributed by atoms with E-state index < -0.39 is 0 Å². The lowest BCUT2D eigenvalue weighted by Gasteiger charge is -2.31. The van der Waals surface area contributed by atoms with E-state index in [2.05, 4.69) is 22.1 Å². The van der Waals surface area contributed by atoms with Crippen molar-refractivity contribution < 1.29 is 14.7 Å². The molecule has 1 saturated heterocycles. The number of phenols is 2. The number of para-hydroxylation sites is 1. The van der Waals surface area contributed by atoms with Crippen LogP contribution in [-0.4, -0.2) is 58.5 Å². The van der Waals surface area contributed by atoms with Gasteiger partial charge in [0.2, 0.25) is 0 Å². The molecule has 0 atom stereocenters. The average Bonchev–Trinajstić information content (AvgIpc) is 2.92. The van der Waals surface area contributed by atoms with Gasteiger partial charge in [-0.15, -0.1) is 0 Å². The smallest absolute Gasteiger partial charge is 0.266 e. The first kappa shape index (κ1) is 12.7. The predicted octanol–water partition coefficient (Wildman–Crippen LogP) is 0.900. The van der Waals surface area contributed by atoms with Gasteiger partial charge >= 0.3 is 0 Å². The van der Waals surface area contributed by atoms with Crippen molar-refractivity contribution in [3.63, 3.8) is 0 Å². The van der Waals surface area contributed by atoms with Crippen LogP contribution in [-0.2, 0) is 0 Å². The van der Waals surface area contributed by atoms with Crippen LogP contribution >= 0.6 is 0 Å². The molecule has 0 aliphatic carbocycles. The summed E-state index contributed by atoms with van der Waals surface area (Å²) in [5, 5.41) is 23.2. The summed E-state index contributed by atoms with van der Waals surface area (Å²) in [6.45, 7) is 3.56. The second-order valence-electron chi connectivity index (χ2n) is 4.86. The maximum atomic E-state index is 9.81. The molecule has 7 heteroatoms. The molecule has 7 nitrogen and oxygen atoms in total. The number of hydrogen-bond acceptors (Lipinski definition) is 7. The third kappa shape index (κ3) is 2.27. The van der Waals surface area contributed by atoms with Crippen LogP contribution in [0.4, 0.5) is 5.95 Å². The standard InChI is InChI=1S/C13H16N4O3/c1-16-5-7-17(8-6-16)13-14-12(20-15-13)9-3-2-4-10(18)11(9)19/h2-4,18-19H,5-8H2,1H3. The Labute approximate surface area is 116 Å². The maximum Gasteiger partial charge on any atom is 0.266 e. The fraction of sp³-hybridized carbons (Fsp3) is 0.385. The van der Waals surface area contributed by atoms with E-state index in [-0.39, 0.29) is 17.4 Å². The molecular formula is C13H16N4O3. The van der Waals surface area contributed by atoms with Crippen molar-refractivity contribution >= 4 is 5.95 Å². The van der Waals surface area contributed by atoms with E-state index in [1.807, 2.05) is 4.90 Å². The average molecular weight is 276 g/mol. The third-order valence-corrected chi connectivity index (χ3v) is 3.45. The summed E-state index contributed by atoms with van der Waals surface area (Å²) in [6, 6.07) is 4.64. The first-order valence-electron chi connectivity index (χ1n) is 6.43. The van der Waals surface area contributed by atoms with Crippen molar-refractivity contribution in [2.24, 2.45) is 0 Å². The Morgan fingerprint density at radius 2 is 1.90 bits per heavy atom. The van der Waals surface area contributed by atoms with Gasteiger partial charge < -0.3 is 24.5 Å². The van der Waals surface area contributed by atoms with E-state index in [1.54, 1.807) is 12.1 Å². The van der Waals surface area contributed by atoms with Crippen molar-refractivity contribution in [3.05, 3.63) is 18.2 Å². The van der Waals surface area contributed by atoms with Gasteiger partial charge in [-0.05, 0) is 24.3 Å². The second kappa shape index (κ2) is 5.01. The van der Waals surface area contributed by atoms with Crippen molar-refractivity contribution in [2.45, 2.75) is 0 Å². The van der Waals surface area contributed by atoms with Gasteiger partial charge in [0, 0.05) is 26.2 Å². The van der Waals surface area contributed by atoms with E-state index >= 15 is 0 Å². The molecule has 0 radical (unpaired) electrons. The third-order valence-electron chi connectivity index (χ3n) is 3.45. The molecule has 0 spiro atoms. The topological polar surface area (TPSA) is 85.9 Å². The van der Waals surface area contributed by atoms with E-state index in [1.165, 1.54) is 6.07 Å². The lowest BCUT2D eigenvalue weighted by Crippen LogP contribution is -2.44. The maximum absolute atomic E-state index is 9.81. The highest BCUT2D eigenvalue weighted by Crippen LogP contribution is 2.35. The highest BCUT2D eigenvalue weighted by molar-refractivity contribution is 5.67. The fourth-order valence-corrected chi connectivity index (χ4v) is 2.16. The number of anilines is 1.